The first-order valence-electron chi connectivity index (χ1n) is 9.01. The Morgan fingerprint density at radius 1 is 0.762 bits per heavy atom. The minimum atomic E-state index is 0. The summed E-state index contributed by atoms with van der Waals surface area (Å²) >= 11 is 0. The van der Waals surface area contributed by atoms with E-state index in [-0.39, 0.29) is 22.5 Å². The molecule has 0 aliphatic carbocycles. The van der Waals surface area contributed by atoms with Crippen LogP contribution in [0.4, 0.5) is 0 Å². The summed E-state index contributed by atoms with van der Waals surface area (Å²) in [7, 11) is 0. The van der Waals surface area contributed by atoms with E-state index in [1.807, 2.05) is 6.08 Å². The minimum Gasteiger partial charge on any atom is -0.308 e. The van der Waals surface area contributed by atoms with Gasteiger partial charge in [-0.15, -0.1) is 23.6 Å². The number of rotatable bonds is 15. The normalized spacial score (nSPS) is 11.2. The highest BCUT2D eigenvalue weighted by molar-refractivity contribution is 8.93. The molecule has 0 rings (SSSR count). The van der Waals surface area contributed by atoms with E-state index in [2.05, 4.69) is 32.7 Å². The molecule has 128 valence electrons. The molecule has 2 heteroatoms. The van der Waals surface area contributed by atoms with Gasteiger partial charge in [0.05, 0.1) is 0 Å². The average Bonchev–Trinajstić information content (AvgIpc) is 2.44. The monoisotopic (exact) mass is 361 g/mol. The van der Waals surface area contributed by atoms with Crippen LogP contribution in [0, 0.1) is 0 Å². The van der Waals surface area contributed by atoms with Gasteiger partial charge in [0.2, 0.25) is 0 Å². The van der Waals surface area contributed by atoms with E-state index in [0.717, 1.165) is 6.54 Å². The zero-order valence-electron chi connectivity index (χ0n) is 14.9. The third kappa shape index (κ3) is 18.1. The van der Waals surface area contributed by atoms with E-state index in [9.17, 15) is 0 Å². The third-order valence-corrected chi connectivity index (χ3v) is 4.12. The standard InChI is InChI=1S/C19H39N.BrH/c1-5-7-8-9-10-11-12-13-14-15-16-17-18-20-19(3,4)6-2;/h6,20H,2,5,7-18H2,1,3-4H3;1H. The van der Waals surface area contributed by atoms with Crippen LogP contribution in [-0.2, 0) is 0 Å². The summed E-state index contributed by atoms with van der Waals surface area (Å²) in [5, 5.41) is 3.53. The Kier molecular flexibility index (Phi) is 18.5. The lowest BCUT2D eigenvalue weighted by Crippen LogP contribution is -2.37. The Bertz CT molecular complexity index is 214. The van der Waals surface area contributed by atoms with Gasteiger partial charge in [0.15, 0.2) is 0 Å². The van der Waals surface area contributed by atoms with Gasteiger partial charge >= 0.3 is 0 Å². The maximum atomic E-state index is 3.85. The Morgan fingerprint density at radius 2 is 1.14 bits per heavy atom. The molecule has 0 aliphatic rings. The van der Waals surface area contributed by atoms with Crippen LogP contribution in [0.1, 0.15) is 97.8 Å². The molecule has 0 aromatic carbocycles. The largest absolute Gasteiger partial charge is 0.308 e. The van der Waals surface area contributed by atoms with Crippen molar-refractivity contribution in [3.63, 3.8) is 0 Å². The van der Waals surface area contributed by atoms with E-state index in [0.29, 0.717) is 0 Å². The van der Waals surface area contributed by atoms with Crippen LogP contribution in [-0.4, -0.2) is 12.1 Å². The molecule has 1 nitrogen and oxygen atoms in total. The second kappa shape index (κ2) is 16.5. The number of nitrogens with one attached hydrogen (secondary N) is 1. The van der Waals surface area contributed by atoms with Crippen molar-refractivity contribution in [2.45, 2.75) is 103 Å². The van der Waals surface area contributed by atoms with Crippen LogP contribution in [0.2, 0.25) is 0 Å². The predicted molar refractivity (Wildman–Crippen MR) is 104 cm³/mol. The quantitative estimate of drug-likeness (QED) is 0.249. The fourth-order valence-corrected chi connectivity index (χ4v) is 2.45. The first kappa shape index (κ1) is 23.4. The molecule has 0 aromatic heterocycles. The van der Waals surface area contributed by atoms with Crippen molar-refractivity contribution in [3.8, 4) is 0 Å². The molecule has 0 unspecified atom stereocenters. The van der Waals surface area contributed by atoms with Crippen LogP contribution in [0.5, 0.6) is 0 Å². The first-order chi connectivity index (χ1) is 9.62. The molecule has 0 bridgehead atoms. The van der Waals surface area contributed by atoms with Crippen LogP contribution in [0.15, 0.2) is 12.7 Å². The predicted octanol–water partition coefficient (Wildman–Crippen LogP) is 6.82. The van der Waals surface area contributed by atoms with Crippen LogP contribution < -0.4 is 5.32 Å². The summed E-state index contributed by atoms with van der Waals surface area (Å²) in [6, 6.07) is 0. The molecule has 0 amide bonds. The summed E-state index contributed by atoms with van der Waals surface area (Å²) in [5.74, 6) is 0. The topological polar surface area (TPSA) is 12.0 Å². The lowest BCUT2D eigenvalue weighted by atomic mass is 10.0. The lowest BCUT2D eigenvalue weighted by Gasteiger charge is -2.21. The second-order valence-electron chi connectivity index (χ2n) is 6.74. The molecule has 0 radical (unpaired) electrons. The zero-order chi connectivity index (χ0) is 15.1. The molecule has 0 spiro atoms. The van der Waals surface area contributed by atoms with Crippen LogP contribution in [0.3, 0.4) is 0 Å². The van der Waals surface area contributed by atoms with Gasteiger partial charge in [-0.1, -0.05) is 83.6 Å². The van der Waals surface area contributed by atoms with Gasteiger partial charge in [0.1, 0.15) is 0 Å². The molecular formula is C19H40BrN. The van der Waals surface area contributed by atoms with Crippen molar-refractivity contribution in [2.75, 3.05) is 6.54 Å². The van der Waals surface area contributed by atoms with Crippen molar-refractivity contribution in [1.29, 1.82) is 0 Å². The van der Waals surface area contributed by atoms with Gasteiger partial charge in [-0.2, -0.15) is 0 Å². The van der Waals surface area contributed by atoms with E-state index in [1.54, 1.807) is 0 Å². The Hall–Kier alpha value is 0.180. The Labute approximate surface area is 145 Å². The molecule has 1 N–H and O–H groups in total. The molecule has 0 atom stereocenters. The molecular weight excluding hydrogens is 322 g/mol. The van der Waals surface area contributed by atoms with E-state index >= 15 is 0 Å². The highest BCUT2D eigenvalue weighted by Gasteiger charge is 2.09. The summed E-state index contributed by atoms with van der Waals surface area (Å²) in [5.41, 5.74) is 0.0950. The van der Waals surface area contributed by atoms with Crippen LogP contribution >= 0.6 is 17.0 Å². The molecule has 0 fully saturated rings. The summed E-state index contributed by atoms with van der Waals surface area (Å²) in [6.45, 7) is 11.6. The molecule has 0 aromatic rings. The van der Waals surface area contributed by atoms with Crippen molar-refractivity contribution in [3.05, 3.63) is 12.7 Å². The SMILES string of the molecule is Br.C=CC(C)(C)NCCCCCCCCCCCCCC. The summed E-state index contributed by atoms with van der Waals surface area (Å²) < 4.78 is 0. The molecule has 21 heavy (non-hydrogen) atoms. The summed E-state index contributed by atoms with van der Waals surface area (Å²) in [4.78, 5) is 0. The van der Waals surface area contributed by atoms with Crippen molar-refractivity contribution in [1.82, 2.24) is 5.32 Å². The third-order valence-electron chi connectivity index (χ3n) is 4.12. The molecule has 0 saturated carbocycles. The number of hydrogen-bond donors (Lipinski definition) is 1. The van der Waals surface area contributed by atoms with E-state index in [4.69, 9.17) is 0 Å². The van der Waals surface area contributed by atoms with Crippen LogP contribution in [0.25, 0.3) is 0 Å². The maximum Gasteiger partial charge on any atom is 0.0304 e. The Balaban J connectivity index is 0. The highest BCUT2D eigenvalue weighted by atomic mass is 79.9. The highest BCUT2D eigenvalue weighted by Crippen LogP contribution is 2.12. The fourth-order valence-electron chi connectivity index (χ4n) is 2.45. The molecule has 0 aliphatic heterocycles. The maximum absolute atomic E-state index is 3.85. The van der Waals surface area contributed by atoms with Gasteiger partial charge in [0.25, 0.3) is 0 Å². The van der Waals surface area contributed by atoms with E-state index in [1.165, 1.54) is 77.0 Å². The summed E-state index contributed by atoms with van der Waals surface area (Å²) in [6.07, 6.45) is 19.0. The molecule has 0 saturated heterocycles. The van der Waals surface area contributed by atoms with Gasteiger partial charge in [-0.05, 0) is 26.8 Å². The smallest absolute Gasteiger partial charge is 0.0304 e. The van der Waals surface area contributed by atoms with Crippen molar-refractivity contribution >= 4 is 17.0 Å². The number of hydrogen-bond acceptors (Lipinski definition) is 1. The number of unbranched alkanes of at least 4 members (excludes halogenated alkanes) is 11. The van der Waals surface area contributed by atoms with Gasteiger partial charge < -0.3 is 5.32 Å². The van der Waals surface area contributed by atoms with Crippen molar-refractivity contribution in [2.24, 2.45) is 0 Å². The molecule has 0 heterocycles. The van der Waals surface area contributed by atoms with Gasteiger partial charge in [-0.25, -0.2) is 0 Å². The average molecular weight is 362 g/mol. The van der Waals surface area contributed by atoms with E-state index < -0.39 is 0 Å². The van der Waals surface area contributed by atoms with Crippen molar-refractivity contribution < 1.29 is 0 Å². The minimum absolute atomic E-state index is 0. The second-order valence-corrected chi connectivity index (χ2v) is 6.74. The Morgan fingerprint density at radius 3 is 1.52 bits per heavy atom. The fraction of sp³-hybridized carbons (Fsp3) is 0.895. The zero-order valence-corrected chi connectivity index (χ0v) is 16.6. The first-order valence-corrected chi connectivity index (χ1v) is 9.01. The lowest BCUT2D eigenvalue weighted by molar-refractivity contribution is 0.457. The van der Waals surface area contributed by atoms with Gasteiger partial charge in [-0.3, -0.25) is 0 Å². The number of halogens is 1. The van der Waals surface area contributed by atoms with Gasteiger partial charge in [0, 0.05) is 5.54 Å².